The van der Waals surface area contributed by atoms with Gasteiger partial charge in [-0.1, -0.05) is 46.8 Å². The van der Waals surface area contributed by atoms with Gasteiger partial charge in [0.15, 0.2) is 17.7 Å². The summed E-state index contributed by atoms with van der Waals surface area (Å²) < 4.78 is 7.63. The Bertz CT molecular complexity index is 1290. The van der Waals surface area contributed by atoms with E-state index in [1.54, 1.807) is 4.57 Å². The first kappa shape index (κ1) is 29.7. The number of hydrogen-bond donors (Lipinski definition) is 5. The molecule has 3 heterocycles. The van der Waals surface area contributed by atoms with Crippen molar-refractivity contribution < 1.29 is 19.7 Å². The van der Waals surface area contributed by atoms with Gasteiger partial charge in [-0.25, -0.2) is 19.7 Å². The molecule has 0 bridgehead atoms. The molecule has 0 radical (unpaired) electrons. The molecule has 1 saturated heterocycles. The Morgan fingerprint density at radius 1 is 1.15 bits per heavy atom. The van der Waals surface area contributed by atoms with Crippen LogP contribution in [0.4, 0.5) is 16.3 Å². The lowest BCUT2D eigenvalue weighted by atomic mass is 9.87. The van der Waals surface area contributed by atoms with E-state index in [2.05, 4.69) is 60.2 Å². The average molecular weight is 555 g/mol. The van der Waals surface area contributed by atoms with E-state index in [0.717, 1.165) is 5.69 Å². The van der Waals surface area contributed by atoms with Gasteiger partial charge in [-0.2, -0.15) is 0 Å². The van der Waals surface area contributed by atoms with Crippen LogP contribution in [0.25, 0.3) is 11.2 Å². The molecule has 2 amide bonds. The van der Waals surface area contributed by atoms with Crippen molar-refractivity contribution in [1.29, 1.82) is 0 Å². The van der Waals surface area contributed by atoms with Crippen molar-refractivity contribution in [3.8, 4) is 0 Å². The fraction of sp³-hybridized carbons (Fsp3) is 0.571. The maximum atomic E-state index is 12.7. The molecule has 12 heteroatoms. The number of nitrogen functional groups attached to an aromatic ring is 1. The van der Waals surface area contributed by atoms with E-state index in [1.807, 2.05) is 36.2 Å². The molecule has 1 aromatic carbocycles. The van der Waals surface area contributed by atoms with Crippen LogP contribution in [0.15, 0.2) is 36.9 Å². The molecule has 1 aliphatic heterocycles. The fourth-order valence-electron chi connectivity index (χ4n) is 4.89. The largest absolute Gasteiger partial charge is 0.387 e. The van der Waals surface area contributed by atoms with Crippen molar-refractivity contribution >= 4 is 28.7 Å². The van der Waals surface area contributed by atoms with Crippen LogP contribution in [0, 0.1) is 5.92 Å². The summed E-state index contributed by atoms with van der Waals surface area (Å²) in [6.45, 7) is 11.6. The summed E-state index contributed by atoms with van der Waals surface area (Å²) in [7, 11) is 1.92. The lowest BCUT2D eigenvalue weighted by molar-refractivity contribution is -0.0423. The zero-order chi connectivity index (χ0) is 29.2. The highest BCUT2D eigenvalue weighted by Gasteiger charge is 2.44. The van der Waals surface area contributed by atoms with Crippen LogP contribution in [0.2, 0.25) is 0 Å². The summed E-state index contributed by atoms with van der Waals surface area (Å²) in [6, 6.07) is 7.59. The monoisotopic (exact) mass is 554 g/mol. The number of fused-ring (bicyclic) bond motifs is 1. The van der Waals surface area contributed by atoms with Crippen LogP contribution in [-0.2, 0) is 10.2 Å². The molecule has 3 aromatic rings. The number of aliphatic hydroxyl groups excluding tert-OH is 2. The number of nitrogens with one attached hydrogen (secondary N) is 2. The molecule has 12 nitrogen and oxygen atoms in total. The van der Waals surface area contributed by atoms with E-state index in [9.17, 15) is 15.0 Å². The Morgan fingerprint density at radius 2 is 1.85 bits per heavy atom. The quantitative estimate of drug-likeness (QED) is 0.267. The summed E-state index contributed by atoms with van der Waals surface area (Å²) in [5.41, 5.74) is 8.70. The van der Waals surface area contributed by atoms with Crippen LogP contribution < -0.4 is 16.4 Å². The predicted molar refractivity (Wildman–Crippen MR) is 154 cm³/mol. The smallest absolute Gasteiger partial charge is 0.319 e. The highest BCUT2D eigenvalue weighted by molar-refractivity contribution is 5.89. The Balaban J connectivity index is 1.30. The van der Waals surface area contributed by atoms with E-state index in [1.165, 1.54) is 18.2 Å². The van der Waals surface area contributed by atoms with Gasteiger partial charge in [-0.15, -0.1) is 0 Å². The third kappa shape index (κ3) is 6.69. The van der Waals surface area contributed by atoms with E-state index >= 15 is 0 Å². The Kier molecular flexibility index (Phi) is 8.93. The van der Waals surface area contributed by atoms with Gasteiger partial charge in [0.05, 0.1) is 6.33 Å². The van der Waals surface area contributed by atoms with Crippen molar-refractivity contribution in [2.45, 2.75) is 77.0 Å². The number of carbonyl (C=O) groups is 1. The molecule has 2 aromatic heterocycles. The maximum Gasteiger partial charge on any atom is 0.319 e. The number of nitrogens with zero attached hydrogens (tertiary/aromatic N) is 5. The minimum atomic E-state index is -1.17. The number of hydrogen-bond acceptors (Lipinski definition) is 9. The van der Waals surface area contributed by atoms with E-state index in [4.69, 9.17) is 10.5 Å². The number of aromatic nitrogens is 4. The second-order valence-corrected chi connectivity index (χ2v) is 12.0. The SMILES string of the molecule is CC(C)C(CCN(C)CC1OC(n2cnc3c(N)ncnc32)C(O)C1O)NC(=O)Nc1ccc(C(C)(C)C)cc1. The molecule has 5 atom stereocenters. The maximum absolute atomic E-state index is 12.7. The number of anilines is 2. The van der Waals surface area contributed by atoms with Crippen molar-refractivity contribution in [2.24, 2.45) is 5.92 Å². The van der Waals surface area contributed by atoms with Gasteiger partial charge >= 0.3 is 6.03 Å². The number of rotatable bonds is 9. The minimum Gasteiger partial charge on any atom is -0.387 e. The molecule has 0 saturated carbocycles. The topological polar surface area (TPSA) is 164 Å². The molecule has 4 rings (SSSR count). The number of ether oxygens (including phenoxy) is 1. The summed E-state index contributed by atoms with van der Waals surface area (Å²) in [6.07, 6.45) is -0.268. The number of amides is 2. The van der Waals surface area contributed by atoms with Crippen molar-refractivity contribution in [3.05, 3.63) is 42.5 Å². The molecular formula is C28H42N8O4. The first-order valence-corrected chi connectivity index (χ1v) is 13.7. The third-order valence-electron chi connectivity index (χ3n) is 7.44. The number of imidazole rings is 1. The molecule has 1 aliphatic rings. The van der Waals surface area contributed by atoms with Crippen LogP contribution in [0.1, 0.15) is 52.8 Å². The van der Waals surface area contributed by atoms with Crippen LogP contribution in [0.3, 0.4) is 0 Å². The molecule has 5 unspecified atom stereocenters. The lowest BCUT2D eigenvalue weighted by Gasteiger charge is -2.27. The standard InChI is InChI=1S/C28H42N8O4/c1-16(2)19(34-27(39)33-18-9-7-17(8-10-18)28(3,4)5)11-12-35(6)13-20-22(37)23(38)26(40-20)36-15-32-21-24(29)30-14-31-25(21)36/h7-10,14-16,19-20,22-23,26,37-38H,11-13H2,1-6H3,(H2,29,30,31)(H2,33,34,39). The zero-order valence-electron chi connectivity index (χ0n) is 24.1. The number of likely N-dealkylation sites (N-methyl/N-ethyl adjacent to an activating group) is 1. The Labute approximate surface area is 235 Å². The van der Waals surface area contributed by atoms with Gasteiger partial charge in [-0.05, 0) is 49.0 Å². The van der Waals surface area contributed by atoms with Crippen molar-refractivity contribution in [2.75, 3.05) is 31.2 Å². The van der Waals surface area contributed by atoms with Crippen LogP contribution >= 0.6 is 0 Å². The average Bonchev–Trinajstić information content (AvgIpc) is 3.43. The summed E-state index contributed by atoms with van der Waals surface area (Å²) in [5, 5.41) is 27.5. The first-order valence-electron chi connectivity index (χ1n) is 13.7. The van der Waals surface area contributed by atoms with E-state index in [0.29, 0.717) is 30.7 Å². The second kappa shape index (κ2) is 12.0. The minimum absolute atomic E-state index is 0.0471. The van der Waals surface area contributed by atoms with Crippen molar-refractivity contribution in [3.63, 3.8) is 0 Å². The first-order chi connectivity index (χ1) is 18.8. The van der Waals surface area contributed by atoms with E-state index in [-0.39, 0.29) is 29.2 Å². The van der Waals surface area contributed by atoms with Gasteiger partial charge in [-0.3, -0.25) is 4.57 Å². The molecule has 0 spiro atoms. The number of benzene rings is 1. The number of urea groups is 1. The molecular weight excluding hydrogens is 512 g/mol. The van der Waals surface area contributed by atoms with Gasteiger partial charge in [0.25, 0.3) is 0 Å². The number of nitrogens with two attached hydrogens (primary N) is 1. The normalized spacial score (nSPS) is 22.2. The second-order valence-electron chi connectivity index (χ2n) is 12.0. The summed E-state index contributed by atoms with van der Waals surface area (Å²) >= 11 is 0. The molecule has 218 valence electrons. The lowest BCUT2D eigenvalue weighted by Crippen LogP contribution is -2.44. The van der Waals surface area contributed by atoms with Crippen LogP contribution in [-0.4, -0.2) is 85.2 Å². The number of aliphatic hydroxyl groups is 2. The molecule has 0 aliphatic carbocycles. The molecule has 40 heavy (non-hydrogen) atoms. The highest BCUT2D eigenvalue weighted by atomic mass is 16.6. The third-order valence-corrected chi connectivity index (χ3v) is 7.44. The predicted octanol–water partition coefficient (Wildman–Crippen LogP) is 2.49. The number of carbonyl (C=O) groups excluding carboxylic acids is 1. The van der Waals surface area contributed by atoms with Gasteiger partial charge in [0, 0.05) is 18.3 Å². The summed E-state index contributed by atoms with van der Waals surface area (Å²) in [5.74, 6) is 0.444. The Hall–Kier alpha value is -3.32. The van der Waals surface area contributed by atoms with Gasteiger partial charge in [0.2, 0.25) is 0 Å². The molecule has 6 N–H and O–H groups in total. The highest BCUT2D eigenvalue weighted by Crippen LogP contribution is 2.32. The van der Waals surface area contributed by atoms with Gasteiger partial charge in [0.1, 0.15) is 30.2 Å². The Morgan fingerprint density at radius 3 is 2.50 bits per heavy atom. The van der Waals surface area contributed by atoms with Crippen molar-refractivity contribution in [1.82, 2.24) is 29.7 Å². The fourth-order valence-corrected chi connectivity index (χ4v) is 4.89. The zero-order valence-corrected chi connectivity index (χ0v) is 24.1. The van der Waals surface area contributed by atoms with Crippen LogP contribution in [0.5, 0.6) is 0 Å². The van der Waals surface area contributed by atoms with E-state index < -0.39 is 24.5 Å². The van der Waals surface area contributed by atoms with Gasteiger partial charge < -0.3 is 36.2 Å². The molecule has 1 fully saturated rings. The summed E-state index contributed by atoms with van der Waals surface area (Å²) in [4.78, 5) is 27.1.